The van der Waals surface area contributed by atoms with Crippen LogP contribution in [0.15, 0.2) is 40.9 Å². The number of benzene rings is 2. The van der Waals surface area contributed by atoms with Gasteiger partial charge >= 0.3 is 0 Å². The number of ether oxygens (including phenoxy) is 3. The van der Waals surface area contributed by atoms with Crippen LogP contribution in [0, 0.1) is 0 Å². The van der Waals surface area contributed by atoms with E-state index in [1.54, 1.807) is 32.4 Å². The first-order valence-electron chi connectivity index (χ1n) is 6.02. The minimum Gasteiger partial charge on any atom is -0.497 e. The summed E-state index contributed by atoms with van der Waals surface area (Å²) in [6.07, 6.45) is 0. The highest BCUT2D eigenvalue weighted by atomic mass is 79.9. The Morgan fingerprint density at radius 2 is 1.80 bits per heavy atom. The smallest absolute Gasteiger partial charge is 0.163 e. The van der Waals surface area contributed by atoms with Crippen LogP contribution in [0.1, 0.15) is 5.56 Å². The summed E-state index contributed by atoms with van der Waals surface area (Å²) in [5.74, 6) is 2.05. The van der Waals surface area contributed by atoms with Gasteiger partial charge in [0.05, 0.1) is 14.2 Å². The lowest BCUT2D eigenvalue weighted by Crippen LogP contribution is -2.00. The molecule has 0 aliphatic carbocycles. The van der Waals surface area contributed by atoms with Gasteiger partial charge in [-0.1, -0.05) is 15.9 Å². The SMILES string of the molecule is COc1ccc(Br)c(COc2cc(N)ccc2OC)c1. The Labute approximate surface area is 126 Å². The van der Waals surface area contributed by atoms with Gasteiger partial charge in [0.2, 0.25) is 0 Å². The van der Waals surface area contributed by atoms with Crippen LogP contribution in [-0.4, -0.2) is 14.2 Å². The van der Waals surface area contributed by atoms with Gasteiger partial charge in [0, 0.05) is 21.8 Å². The Morgan fingerprint density at radius 1 is 1.00 bits per heavy atom. The zero-order chi connectivity index (χ0) is 14.5. The number of hydrogen-bond donors (Lipinski definition) is 1. The zero-order valence-corrected chi connectivity index (χ0v) is 12.9. The quantitative estimate of drug-likeness (QED) is 0.846. The number of anilines is 1. The summed E-state index contributed by atoms with van der Waals surface area (Å²) in [6, 6.07) is 11.0. The molecule has 2 aromatic carbocycles. The monoisotopic (exact) mass is 337 g/mol. The van der Waals surface area contributed by atoms with Gasteiger partial charge in [0.15, 0.2) is 11.5 Å². The van der Waals surface area contributed by atoms with Crippen molar-refractivity contribution in [3.63, 3.8) is 0 Å². The van der Waals surface area contributed by atoms with Crippen molar-refractivity contribution in [1.29, 1.82) is 0 Å². The normalized spacial score (nSPS) is 10.2. The molecule has 0 heterocycles. The molecule has 20 heavy (non-hydrogen) atoms. The zero-order valence-electron chi connectivity index (χ0n) is 11.4. The lowest BCUT2D eigenvalue weighted by Gasteiger charge is -2.13. The fourth-order valence-electron chi connectivity index (χ4n) is 1.75. The van der Waals surface area contributed by atoms with E-state index in [0.717, 1.165) is 15.8 Å². The first kappa shape index (κ1) is 14.5. The van der Waals surface area contributed by atoms with Gasteiger partial charge in [-0.3, -0.25) is 0 Å². The topological polar surface area (TPSA) is 53.7 Å². The predicted molar refractivity (Wildman–Crippen MR) is 82.4 cm³/mol. The van der Waals surface area contributed by atoms with E-state index in [9.17, 15) is 0 Å². The third kappa shape index (κ3) is 3.36. The predicted octanol–water partition coefficient (Wildman–Crippen LogP) is 3.63. The molecule has 0 aliphatic rings. The van der Waals surface area contributed by atoms with Gasteiger partial charge < -0.3 is 19.9 Å². The molecule has 106 valence electrons. The Hall–Kier alpha value is -1.88. The number of hydrogen-bond acceptors (Lipinski definition) is 4. The highest BCUT2D eigenvalue weighted by Gasteiger charge is 2.07. The van der Waals surface area contributed by atoms with Gasteiger partial charge in [-0.25, -0.2) is 0 Å². The maximum atomic E-state index is 5.78. The van der Waals surface area contributed by atoms with E-state index in [-0.39, 0.29) is 0 Å². The molecule has 0 radical (unpaired) electrons. The molecule has 2 aromatic rings. The molecule has 0 unspecified atom stereocenters. The molecule has 2 N–H and O–H groups in total. The van der Waals surface area contributed by atoms with Gasteiger partial charge in [0.1, 0.15) is 12.4 Å². The lowest BCUT2D eigenvalue weighted by molar-refractivity contribution is 0.283. The molecule has 0 saturated heterocycles. The number of nitrogens with two attached hydrogens (primary N) is 1. The number of nitrogen functional groups attached to an aromatic ring is 1. The van der Waals surface area contributed by atoms with Crippen molar-refractivity contribution in [1.82, 2.24) is 0 Å². The van der Waals surface area contributed by atoms with Crippen LogP contribution < -0.4 is 19.9 Å². The molecule has 5 heteroatoms. The highest BCUT2D eigenvalue weighted by Crippen LogP contribution is 2.31. The molecule has 0 spiro atoms. The lowest BCUT2D eigenvalue weighted by atomic mass is 10.2. The van der Waals surface area contributed by atoms with E-state index in [1.165, 1.54) is 0 Å². The average molecular weight is 338 g/mol. The van der Waals surface area contributed by atoms with Gasteiger partial charge in [-0.05, 0) is 30.3 Å². The molecule has 0 fully saturated rings. The molecule has 0 bridgehead atoms. The van der Waals surface area contributed by atoms with E-state index in [4.69, 9.17) is 19.9 Å². The van der Waals surface area contributed by atoms with Crippen LogP contribution in [0.2, 0.25) is 0 Å². The van der Waals surface area contributed by atoms with Crippen molar-refractivity contribution in [3.8, 4) is 17.2 Å². The Kier molecular flexibility index (Phi) is 4.74. The summed E-state index contributed by atoms with van der Waals surface area (Å²) in [7, 11) is 3.23. The average Bonchev–Trinajstić information content (AvgIpc) is 2.46. The van der Waals surface area contributed by atoms with Crippen molar-refractivity contribution in [2.45, 2.75) is 6.61 Å². The largest absolute Gasteiger partial charge is 0.497 e. The minimum absolute atomic E-state index is 0.387. The van der Waals surface area contributed by atoms with Gasteiger partial charge in [0.25, 0.3) is 0 Å². The minimum atomic E-state index is 0.387. The first-order valence-corrected chi connectivity index (χ1v) is 6.82. The fourth-order valence-corrected chi connectivity index (χ4v) is 2.11. The summed E-state index contributed by atoms with van der Waals surface area (Å²) in [6.45, 7) is 0.387. The molecular formula is C15H16BrNO3. The van der Waals surface area contributed by atoms with Crippen molar-refractivity contribution in [2.75, 3.05) is 20.0 Å². The molecule has 4 nitrogen and oxygen atoms in total. The Bertz CT molecular complexity index is 602. The summed E-state index contributed by atoms with van der Waals surface area (Å²) >= 11 is 3.49. The van der Waals surface area contributed by atoms with Crippen molar-refractivity contribution >= 4 is 21.6 Å². The van der Waals surface area contributed by atoms with Gasteiger partial charge in [-0.15, -0.1) is 0 Å². The number of halogens is 1. The van der Waals surface area contributed by atoms with E-state index in [1.807, 2.05) is 18.2 Å². The summed E-state index contributed by atoms with van der Waals surface area (Å²) in [4.78, 5) is 0. The molecule has 0 aliphatic heterocycles. The van der Waals surface area contributed by atoms with Crippen molar-refractivity contribution in [3.05, 3.63) is 46.4 Å². The van der Waals surface area contributed by atoms with Gasteiger partial charge in [-0.2, -0.15) is 0 Å². The summed E-state index contributed by atoms with van der Waals surface area (Å²) in [5.41, 5.74) is 7.37. The maximum Gasteiger partial charge on any atom is 0.163 e. The molecule has 0 amide bonds. The standard InChI is InChI=1S/C15H16BrNO3/c1-18-12-4-5-13(16)10(7-12)9-20-15-8-11(17)3-6-14(15)19-2/h3-8H,9,17H2,1-2H3. The number of methoxy groups -OCH3 is 2. The van der Waals surface area contributed by atoms with E-state index < -0.39 is 0 Å². The van der Waals surface area contributed by atoms with Crippen LogP contribution in [0.4, 0.5) is 5.69 Å². The van der Waals surface area contributed by atoms with Crippen LogP contribution in [0.3, 0.4) is 0 Å². The van der Waals surface area contributed by atoms with E-state index in [2.05, 4.69) is 15.9 Å². The molecular weight excluding hydrogens is 322 g/mol. The van der Waals surface area contributed by atoms with Crippen LogP contribution in [0.5, 0.6) is 17.2 Å². The molecule has 0 aromatic heterocycles. The van der Waals surface area contributed by atoms with Crippen LogP contribution >= 0.6 is 15.9 Å². The van der Waals surface area contributed by atoms with E-state index >= 15 is 0 Å². The van der Waals surface area contributed by atoms with E-state index in [0.29, 0.717) is 23.8 Å². The summed E-state index contributed by atoms with van der Waals surface area (Å²) in [5, 5.41) is 0. The molecule has 2 rings (SSSR count). The Morgan fingerprint density at radius 3 is 2.50 bits per heavy atom. The van der Waals surface area contributed by atoms with Crippen molar-refractivity contribution < 1.29 is 14.2 Å². The fraction of sp³-hybridized carbons (Fsp3) is 0.200. The second kappa shape index (κ2) is 6.52. The second-order valence-electron chi connectivity index (χ2n) is 4.16. The Balaban J connectivity index is 2.18. The highest BCUT2D eigenvalue weighted by molar-refractivity contribution is 9.10. The number of rotatable bonds is 5. The third-order valence-electron chi connectivity index (χ3n) is 2.82. The third-order valence-corrected chi connectivity index (χ3v) is 3.60. The van der Waals surface area contributed by atoms with Crippen molar-refractivity contribution in [2.24, 2.45) is 0 Å². The van der Waals surface area contributed by atoms with Crippen LogP contribution in [0.25, 0.3) is 0 Å². The van der Waals surface area contributed by atoms with Crippen LogP contribution in [-0.2, 0) is 6.61 Å². The second-order valence-corrected chi connectivity index (χ2v) is 5.01. The molecule has 0 saturated carbocycles. The summed E-state index contributed by atoms with van der Waals surface area (Å²) < 4.78 is 17.2. The first-order chi connectivity index (χ1) is 9.63. The maximum absolute atomic E-state index is 5.78. The molecule has 0 atom stereocenters.